The molecule has 1 unspecified atom stereocenters. The van der Waals surface area contributed by atoms with Gasteiger partial charge in [0.05, 0.1) is 27.8 Å². The standard InChI is InChI=1S/C28H25N7O2S/c1-14(2)28(37)31-18-10-17(12-29-13-18)16-4-5-21-20(11-16)25(35-34-21)27-32-24-19(8-9-30-26(24)33-27)23-7-6-22(38-23)15(3)36/h4-14,28,31,37H,1-3H3,(H,34,35)(H,30,32,33). The summed E-state index contributed by atoms with van der Waals surface area (Å²) in [6, 6.07) is 13.7. The topological polar surface area (TPSA) is 132 Å². The minimum Gasteiger partial charge on any atom is -0.374 e. The molecule has 190 valence electrons. The number of rotatable bonds is 7. The number of nitrogens with zero attached hydrogens (tertiary/aromatic N) is 4. The van der Waals surface area contributed by atoms with Crippen LogP contribution in [-0.4, -0.2) is 47.3 Å². The number of hydrogen-bond acceptors (Lipinski definition) is 8. The van der Waals surface area contributed by atoms with Crippen LogP contribution >= 0.6 is 11.3 Å². The Morgan fingerprint density at radius 3 is 2.74 bits per heavy atom. The number of aliphatic hydroxyl groups excluding tert-OH is 1. The lowest BCUT2D eigenvalue weighted by atomic mass is 10.0. The number of nitrogens with one attached hydrogen (secondary N) is 3. The third kappa shape index (κ3) is 4.33. The summed E-state index contributed by atoms with van der Waals surface area (Å²) in [5, 5.41) is 21.9. The van der Waals surface area contributed by atoms with E-state index in [4.69, 9.17) is 4.98 Å². The van der Waals surface area contributed by atoms with Crippen LogP contribution in [0.25, 0.3) is 55.2 Å². The molecule has 6 aromatic rings. The van der Waals surface area contributed by atoms with Crippen LogP contribution in [0.3, 0.4) is 0 Å². The van der Waals surface area contributed by atoms with Crippen LogP contribution in [0.2, 0.25) is 0 Å². The predicted molar refractivity (Wildman–Crippen MR) is 150 cm³/mol. The third-order valence-corrected chi connectivity index (χ3v) is 7.63. The highest BCUT2D eigenvalue weighted by atomic mass is 32.1. The predicted octanol–water partition coefficient (Wildman–Crippen LogP) is 5.88. The maximum atomic E-state index is 11.8. The van der Waals surface area contributed by atoms with E-state index in [1.165, 1.54) is 11.3 Å². The van der Waals surface area contributed by atoms with Crippen molar-refractivity contribution in [3.05, 3.63) is 65.9 Å². The van der Waals surface area contributed by atoms with E-state index in [1.807, 2.05) is 56.3 Å². The molecule has 38 heavy (non-hydrogen) atoms. The number of H-pyrrole nitrogens is 2. The van der Waals surface area contributed by atoms with Crippen molar-refractivity contribution >= 4 is 44.9 Å². The molecule has 0 spiro atoms. The number of benzene rings is 1. The van der Waals surface area contributed by atoms with E-state index in [1.54, 1.807) is 25.5 Å². The lowest BCUT2D eigenvalue weighted by Crippen LogP contribution is -2.24. The summed E-state index contributed by atoms with van der Waals surface area (Å²) in [5.41, 5.74) is 6.47. The third-order valence-electron chi connectivity index (χ3n) is 6.42. The van der Waals surface area contributed by atoms with Gasteiger partial charge in [0.2, 0.25) is 0 Å². The number of carbonyl (C=O) groups excluding carboxylic acids is 1. The second kappa shape index (κ2) is 9.47. The van der Waals surface area contributed by atoms with Gasteiger partial charge in [-0.25, -0.2) is 9.97 Å². The molecule has 1 atom stereocenters. The molecular formula is C28H25N7O2S. The van der Waals surface area contributed by atoms with Crippen molar-refractivity contribution in [2.75, 3.05) is 5.32 Å². The van der Waals surface area contributed by atoms with Gasteiger partial charge in [-0.1, -0.05) is 19.9 Å². The zero-order chi connectivity index (χ0) is 26.4. The molecule has 0 aliphatic heterocycles. The van der Waals surface area contributed by atoms with Gasteiger partial charge >= 0.3 is 0 Å². The van der Waals surface area contributed by atoms with Crippen LogP contribution in [-0.2, 0) is 0 Å². The van der Waals surface area contributed by atoms with Crippen LogP contribution in [0.15, 0.2) is 61.1 Å². The fourth-order valence-electron chi connectivity index (χ4n) is 4.29. The molecule has 0 amide bonds. The maximum Gasteiger partial charge on any atom is 0.178 e. The van der Waals surface area contributed by atoms with Gasteiger partial charge in [-0.3, -0.25) is 14.9 Å². The van der Waals surface area contributed by atoms with Gasteiger partial charge in [0.1, 0.15) is 11.9 Å². The van der Waals surface area contributed by atoms with Crippen LogP contribution < -0.4 is 5.32 Å². The highest BCUT2D eigenvalue weighted by Gasteiger charge is 2.18. The van der Waals surface area contributed by atoms with E-state index in [2.05, 4.69) is 30.5 Å². The summed E-state index contributed by atoms with van der Waals surface area (Å²) in [5.74, 6) is 0.710. The number of hydrogen-bond donors (Lipinski definition) is 4. The number of Topliss-reactive ketones (excluding diaryl/α,β-unsaturated/α-hetero) is 1. The van der Waals surface area contributed by atoms with E-state index in [0.717, 1.165) is 43.7 Å². The lowest BCUT2D eigenvalue weighted by Gasteiger charge is -2.17. The summed E-state index contributed by atoms with van der Waals surface area (Å²) >= 11 is 1.45. The number of aromatic nitrogens is 6. The van der Waals surface area contributed by atoms with Gasteiger partial charge in [-0.05, 0) is 54.8 Å². The lowest BCUT2D eigenvalue weighted by molar-refractivity contribution is 0.102. The molecule has 1 aromatic carbocycles. The Morgan fingerprint density at radius 1 is 1.08 bits per heavy atom. The van der Waals surface area contributed by atoms with Gasteiger partial charge in [0, 0.05) is 33.8 Å². The summed E-state index contributed by atoms with van der Waals surface area (Å²) < 4.78 is 0. The highest BCUT2D eigenvalue weighted by molar-refractivity contribution is 7.17. The summed E-state index contributed by atoms with van der Waals surface area (Å²) in [7, 11) is 0. The maximum absolute atomic E-state index is 11.8. The molecule has 5 aromatic heterocycles. The number of aromatic amines is 2. The second-order valence-electron chi connectivity index (χ2n) is 9.49. The Balaban J connectivity index is 1.40. The number of fused-ring (bicyclic) bond motifs is 2. The van der Waals surface area contributed by atoms with E-state index in [0.29, 0.717) is 22.0 Å². The number of imidazole rings is 1. The molecule has 0 aliphatic carbocycles. The molecular weight excluding hydrogens is 498 g/mol. The quantitative estimate of drug-likeness (QED) is 0.152. The Labute approximate surface area is 222 Å². The number of ketones is 1. The van der Waals surface area contributed by atoms with Crippen molar-refractivity contribution < 1.29 is 9.90 Å². The number of anilines is 1. The molecule has 6 rings (SSSR count). The largest absolute Gasteiger partial charge is 0.374 e. The molecule has 0 fully saturated rings. The number of thiophene rings is 1. The molecule has 4 N–H and O–H groups in total. The monoisotopic (exact) mass is 523 g/mol. The van der Waals surface area contributed by atoms with E-state index in [-0.39, 0.29) is 11.7 Å². The summed E-state index contributed by atoms with van der Waals surface area (Å²) in [4.78, 5) is 30.4. The fraction of sp³-hybridized carbons (Fsp3) is 0.179. The molecule has 0 aliphatic rings. The Kier molecular flexibility index (Phi) is 5.97. The van der Waals surface area contributed by atoms with Gasteiger partial charge < -0.3 is 15.4 Å². The van der Waals surface area contributed by atoms with Crippen molar-refractivity contribution in [3.8, 4) is 33.1 Å². The van der Waals surface area contributed by atoms with E-state index >= 15 is 0 Å². The summed E-state index contributed by atoms with van der Waals surface area (Å²) in [6.45, 7) is 5.47. The SMILES string of the molecule is CC(=O)c1ccc(-c2ccnc3nc(-c4n[nH]c5ccc(-c6cncc(NC(O)C(C)C)c6)cc45)[nH]c23)s1. The van der Waals surface area contributed by atoms with Crippen LogP contribution in [0.1, 0.15) is 30.4 Å². The molecule has 0 radical (unpaired) electrons. The Bertz CT molecular complexity index is 1800. The molecule has 5 heterocycles. The van der Waals surface area contributed by atoms with Crippen molar-refractivity contribution in [1.29, 1.82) is 0 Å². The number of carbonyl (C=O) groups is 1. The second-order valence-corrected chi connectivity index (χ2v) is 10.6. The zero-order valence-corrected chi connectivity index (χ0v) is 21.8. The molecule has 0 bridgehead atoms. The van der Waals surface area contributed by atoms with E-state index in [9.17, 15) is 9.90 Å². The van der Waals surface area contributed by atoms with Crippen LogP contribution in [0, 0.1) is 5.92 Å². The molecule has 0 saturated heterocycles. The van der Waals surface area contributed by atoms with Crippen molar-refractivity contribution in [3.63, 3.8) is 0 Å². The minimum atomic E-state index is -0.662. The van der Waals surface area contributed by atoms with Crippen molar-refractivity contribution in [2.24, 2.45) is 5.92 Å². The number of aliphatic hydroxyl groups is 1. The minimum absolute atomic E-state index is 0.0447. The Morgan fingerprint density at radius 2 is 1.95 bits per heavy atom. The van der Waals surface area contributed by atoms with E-state index < -0.39 is 6.23 Å². The first-order valence-electron chi connectivity index (χ1n) is 12.2. The van der Waals surface area contributed by atoms with Crippen LogP contribution in [0.5, 0.6) is 0 Å². The number of pyridine rings is 2. The first-order chi connectivity index (χ1) is 18.4. The first kappa shape index (κ1) is 24.0. The van der Waals surface area contributed by atoms with Crippen LogP contribution in [0.4, 0.5) is 5.69 Å². The average Bonchev–Trinajstić information content (AvgIpc) is 3.66. The average molecular weight is 524 g/mol. The molecule has 0 saturated carbocycles. The van der Waals surface area contributed by atoms with Gasteiger partial charge in [0.25, 0.3) is 0 Å². The zero-order valence-electron chi connectivity index (χ0n) is 21.0. The van der Waals surface area contributed by atoms with Crippen molar-refractivity contribution in [2.45, 2.75) is 27.0 Å². The summed E-state index contributed by atoms with van der Waals surface area (Å²) in [6.07, 6.45) is 4.55. The molecule has 9 nitrogen and oxygen atoms in total. The highest BCUT2D eigenvalue weighted by Crippen LogP contribution is 2.35. The van der Waals surface area contributed by atoms with Gasteiger partial charge in [0.15, 0.2) is 17.3 Å². The van der Waals surface area contributed by atoms with Gasteiger partial charge in [-0.2, -0.15) is 5.10 Å². The first-order valence-corrected chi connectivity index (χ1v) is 13.0. The normalized spacial score (nSPS) is 12.4. The fourth-order valence-corrected chi connectivity index (χ4v) is 5.22. The Hall–Kier alpha value is -4.41. The smallest absolute Gasteiger partial charge is 0.178 e. The van der Waals surface area contributed by atoms with Gasteiger partial charge in [-0.15, -0.1) is 11.3 Å². The molecule has 10 heteroatoms. The van der Waals surface area contributed by atoms with Crippen molar-refractivity contribution in [1.82, 2.24) is 30.1 Å².